The average molecular weight is 262 g/mol. The lowest BCUT2D eigenvalue weighted by molar-refractivity contribution is -0.120. The Hall–Kier alpha value is -1.38. The van der Waals surface area contributed by atoms with Crippen molar-refractivity contribution in [2.75, 3.05) is 7.11 Å². The van der Waals surface area contributed by atoms with Crippen molar-refractivity contribution in [2.45, 2.75) is 32.1 Å². The second-order valence-electron chi connectivity index (χ2n) is 5.75. The second kappa shape index (κ2) is 4.95. The topological polar surface area (TPSA) is 26.3 Å². The van der Waals surface area contributed by atoms with Gasteiger partial charge in [0.25, 0.3) is 0 Å². The highest BCUT2D eigenvalue weighted by molar-refractivity contribution is 5.86. The van der Waals surface area contributed by atoms with E-state index in [0.717, 1.165) is 5.56 Å². The maximum atomic E-state index is 13.6. The van der Waals surface area contributed by atoms with Crippen LogP contribution in [0.3, 0.4) is 0 Å². The minimum atomic E-state index is -0.388. The van der Waals surface area contributed by atoms with Gasteiger partial charge >= 0.3 is 0 Å². The first-order valence-corrected chi connectivity index (χ1v) is 7.06. The summed E-state index contributed by atoms with van der Waals surface area (Å²) in [5.41, 5.74) is 0.756. The normalized spacial score (nSPS) is 28.6. The number of hydrogen-bond acceptors (Lipinski definition) is 2. The van der Waals surface area contributed by atoms with Crippen molar-refractivity contribution in [3.8, 4) is 5.75 Å². The monoisotopic (exact) mass is 262 g/mol. The zero-order chi connectivity index (χ0) is 13.4. The lowest BCUT2D eigenvalue weighted by Gasteiger charge is -2.04. The molecule has 102 valence electrons. The van der Waals surface area contributed by atoms with Gasteiger partial charge in [-0.05, 0) is 42.4 Å². The summed E-state index contributed by atoms with van der Waals surface area (Å²) >= 11 is 0. The van der Waals surface area contributed by atoms with E-state index in [1.54, 1.807) is 12.1 Å². The lowest BCUT2D eigenvalue weighted by Crippen LogP contribution is -2.07. The molecule has 1 aromatic rings. The Morgan fingerprint density at radius 2 is 2.00 bits per heavy atom. The van der Waals surface area contributed by atoms with Crippen molar-refractivity contribution < 1.29 is 13.9 Å². The van der Waals surface area contributed by atoms with Gasteiger partial charge in [-0.2, -0.15) is 0 Å². The van der Waals surface area contributed by atoms with Gasteiger partial charge < -0.3 is 4.74 Å². The fourth-order valence-electron chi connectivity index (χ4n) is 3.61. The highest BCUT2D eigenvalue weighted by Gasteiger charge is 2.53. The van der Waals surface area contributed by atoms with Crippen LogP contribution in [0.15, 0.2) is 18.2 Å². The van der Waals surface area contributed by atoms with Gasteiger partial charge in [0, 0.05) is 12.3 Å². The molecule has 0 bridgehead atoms. The van der Waals surface area contributed by atoms with Crippen molar-refractivity contribution in [1.29, 1.82) is 0 Å². The van der Waals surface area contributed by atoms with Crippen LogP contribution in [0.1, 0.15) is 31.2 Å². The number of halogens is 1. The maximum Gasteiger partial charge on any atom is 0.165 e. The van der Waals surface area contributed by atoms with Gasteiger partial charge in [0.1, 0.15) is 5.78 Å². The van der Waals surface area contributed by atoms with E-state index in [1.807, 2.05) is 0 Å². The van der Waals surface area contributed by atoms with Gasteiger partial charge in [-0.1, -0.05) is 18.9 Å². The summed E-state index contributed by atoms with van der Waals surface area (Å²) in [6, 6.07) is 4.80. The Labute approximate surface area is 113 Å². The van der Waals surface area contributed by atoms with Crippen molar-refractivity contribution in [3.05, 3.63) is 29.6 Å². The fourth-order valence-corrected chi connectivity index (χ4v) is 3.61. The van der Waals surface area contributed by atoms with E-state index >= 15 is 0 Å². The average Bonchev–Trinajstić information content (AvgIpc) is 3.13. The van der Waals surface area contributed by atoms with Crippen LogP contribution < -0.4 is 4.74 Å². The molecule has 2 unspecified atom stereocenters. The van der Waals surface area contributed by atoms with Gasteiger partial charge in [0.15, 0.2) is 11.6 Å². The molecule has 0 N–H and O–H groups in total. The van der Waals surface area contributed by atoms with Crippen molar-refractivity contribution in [3.63, 3.8) is 0 Å². The zero-order valence-corrected chi connectivity index (χ0v) is 11.2. The van der Waals surface area contributed by atoms with E-state index < -0.39 is 0 Å². The third-order valence-corrected chi connectivity index (χ3v) is 4.62. The molecule has 0 saturated heterocycles. The second-order valence-corrected chi connectivity index (χ2v) is 5.75. The van der Waals surface area contributed by atoms with Gasteiger partial charge in [0.05, 0.1) is 7.11 Å². The lowest BCUT2D eigenvalue weighted by atomic mass is 10.0. The predicted molar refractivity (Wildman–Crippen MR) is 70.6 cm³/mol. The third-order valence-electron chi connectivity index (χ3n) is 4.62. The van der Waals surface area contributed by atoms with Crippen LogP contribution in [0.4, 0.5) is 4.39 Å². The molecule has 0 amide bonds. The van der Waals surface area contributed by atoms with Crippen LogP contribution in [-0.4, -0.2) is 12.9 Å². The van der Waals surface area contributed by atoms with Crippen molar-refractivity contribution >= 4 is 5.78 Å². The molecule has 0 aliphatic heterocycles. The molecular formula is C16H19FO2. The molecule has 19 heavy (non-hydrogen) atoms. The summed E-state index contributed by atoms with van der Waals surface area (Å²) in [6.07, 6.45) is 5.30. The number of benzene rings is 1. The van der Waals surface area contributed by atoms with Crippen LogP contribution in [0.5, 0.6) is 5.75 Å². The molecule has 2 saturated carbocycles. The molecule has 0 aromatic heterocycles. The number of carbonyl (C=O) groups excluding carboxylic acids is 1. The van der Waals surface area contributed by atoms with E-state index in [1.165, 1.54) is 38.9 Å². The first-order chi connectivity index (χ1) is 9.20. The number of carbonyl (C=O) groups is 1. The zero-order valence-electron chi connectivity index (χ0n) is 11.2. The van der Waals surface area contributed by atoms with Crippen molar-refractivity contribution in [2.24, 2.45) is 17.8 Å². The molecule has 2 aliphatic rings. The maximum absolute atomic E-state index is 13.6. The quantitative estimate of drug-likeness (QED) is 0.831. The molecule has 1 aromatic carbocycles. The highest BCUT2D eigenvalue weighted by Crippen LogP contribution is 2.56. The molecule has 0 heterocycles. The van der Waals surface area contributed by atoms with Crippen molar-refractivity contribution in [1.82, 2.24) is 0 Å². The Bertz CT molecular complexity index is 486. The van der Waals surface area contributed by atoms with E-state index in [2.05, 4.69) is 0 Å². The number of hydrogen-bond donors (Lipinski definition) is 0. The highest BCUT2D eigenvalue weighted by atomic mass is 19.1. The molecule has 3 heteroatoms. The Kier molecular flexibility index (Phi) is 3.29. The summed E-state index contributed by atoms with van der Waals surface area (Å²) in [6.45, 7) is 0. The molecule has 2 fully saturated rings. The van der Waals surface area contributed by atoms with Gasteiger partial charge in [-0.25, -0.2) is 4.39 Å². The molecule has 2 nitrogen and oxygen atoms in total. The van der Waals surface area contributed by atoms with E-state index in [-0.39, 0.29) is 17.5 Å². The Balaban J connectivity index is 1.65. The van der Waals surface area contributed by atoms with Crippen LogP contribution in [0, 0.1) is 23.6 Å². The number of Topliss-reactive ketones (excluding diaryl/α,β-unsaturated/α-hetero) is 1. The Morgan fingerprint density at radius 3 is 2.58 bits per heavy atom. The minimum Gasteiger partial charge on any atom is -0.494 e. The summed E-state index contributed by atoms with van der Waals surface area (Å²) in [5, 5.41) is 0. The molecule has 0 radical (unpaired) electrons. The molecule has 0 spiro atoms. The third kappa shape index (κ3) is 2.38. The summed E-state index contributed by atoms with van der Waals surface area (Å²) < 4.78 is 18.5. The van der Waals surface area contributed by atoms with Crippen LogP contribution >= 0.6 is 0 Å². The van der Waals surface area contributed by atoms with Crippen LogP contribution in [0.2, 0.25) is 0 Å². The number of ketones is 1. The summed E-state index contributed by atoms with van der Waals surface area (Å²) in [5.74, 6) is 1.65. The standard InChI is InChI=1S/C16H19FO2/c1-19-15-7-6-10(8-13(15)17)9-14(18)16-11-4-2-3-5-12(11)16/h6-8,11-12,16H,2-5,9H2,1H3. The first kappa shape index (κ1) is 12.6. The molecular weight excluding hydrogens is 243 g/mol. The SMILES string of the molecule is COc1ccc(CC(=O)C2C3CCCCC32)cc1F. The fraction of sp³-hybridized carbons (Fsp3) is 0.562. The number of methoxy groups -OCH3 is 1. The van der Waals surface area contributed by atoms with Gasteiger partial charge in [-0.3, -0.25) is 4.79 Å². The molecule has 2 atom stereocenters. The minimum absolute atomic E-state index is 0.233. The van der Waals surface area contributed by atoms with Crippen LogP contribution in [-0.2, 0) is 11.2 Å². The molecule has 3 rings (SSSR count). The van der Waals surface area contributed by atoms with E-state index in [9.17, 15) is 9.18 Å². The van der Waals surface area contributed by atoms with Crippen LogP contribution in [0.25, 0.3) is 0 Å². The first-order valence-electron chi connectivity index (χ1n) is 7.06. The number of fused-ring (bicyclic) bond motifs is 1. The largest absolute Gasteiger partial charge is 0.494 e. The van der Waals surface area contributed by atoms with Gasteiger partial charge in [0.2, 0.25) is 0 Å². The predicted octanol–water partition coefficient (Wildman–Crippen LogP) is 3.38. The smallest absolute Gasteiger partial charge is 0.165 e. The number of rotatable bonds is 4. The summed E-state index contributed by atoms with van der Waals surface area (Å²) in [4.78, 5) is 12.3. The summed E-state index contributed by atoms with van der Waals surface area (Å²) in [7, 11) is 1.44. The number of ether oxygens (including phenoxy) is 1. The van der Waals surface area contributed by atoms with Gasteiger partial charge in [-0.15, -0.1) is 0 Å². The van der Waals surface area contributed by atoms with E-state index in [0.29, 0.717) is 24.0 Å². The molecule has 2 aliphatic carbocycles. The van der Waals surface area contributed by atoms with E-state index in [4.69, 9.17) is 4.74 Å². The Morgan fingerprint density at radius 1 is 1.32 bits per heavy atom.